The molecule has 0 atom stereocenters. The second-order valence-electron chi connectivity index (χ2n) is 5.16. The number of benzene rings is 2. The summed E-state index contributed by atoms with van der Waals surface area (Å²) in [5, 5.41) is 4.48. The molecule has 0 bridgehead atoms. The van der Waals surface area contributed by atoms with Crippen LogP contribution in [0.25, 0.3) is 10.6 Å². The van der Waals surface area contributed by atoms with Crippen molar-refractivity contribution in [1.29, 1.82) is 0 Å². The lowest BCUT2D eigenvalue weighted by atomic mass is 10.2. The van der Waals surface area contributed by atoms with Crippen LogP contribution >= 0.6 is 11.3 Å². The minimum absolute atomic E-state index is 0.0677. The Labute approximate surface area is 152 Å². The van der Waals surface area contributed by atoms with E-state index in [1.807, 2.05) is 30.3 Å². The van der Waals surface area contributed by atoms with Crippen molar-refractivity contribution in [1.82, 2.24) is 4.98 Å². The van der Waals surface area contributed by atoms with Crippen LogP contribution in [0.4, 0.5) is 14.5 Å². The molecule has 3 aromatic rings. The maximum absolute atomic E-state index is 12.8. The highest BCUT2D eigenvalue weighted by Crippen LogP contribution is 2.27. The van der Waals surface area contributed by atoms with E-state index < -0.39 is 26.4 Å². The van der Waals surface area contributed by atoms with Crippen molar-refractivity contribution < 1.29 is 22.0 Å². The molecule has 1 aromatic heterocycles. The molecule has 3 rings (SSSR count). The summed E-state index contributed by atoms with van der Waals surface area (Å²) in [6, 6.07) is 14.2. The summed E-state index contributed by atoms with van der Waals surface area (Å²) in [6.07, 6.45) is 0. The molecule has 0 aliphatic rings. The van der Waals surface area contributed by atoms with E-state index >= 15 is 0 Å². The lowest BCUT2D eigenvalue weighted by Crippen LogP contribution is -2.18. The molecule has 0 radical (unpaired) electrons. The Balaban J connectivity index is 1.87. The van der Waals surface area contributed by atoms with Crippen molar-refractivity contribution >= 4 is 32.8 Å². The molecule has 0 spiro atoms. The van der Waals surface area contributed by atoms with E-state index in [0.717, 1.165) is 11.6 Å². The number of rotatable bonds is 5. The summed E-state index contributed by atoms with van der Waals surface area (Å²) in [4.78, 5) is 15.9. The average molecular weight is 394 g/mol. The first kappa shape index (κ1) is 18.2. The topological polar surface area (TPSA) is 76.1 Å². The van der Waals surface area contributed by atoms with Gasteiger partial charge in [-0.2, -0.15) is 8.78 Å². The normalized spacial score (nSPS) is 11.5. The number of amides is 1. The van der Waals surface area contributed by atoms with E-state index in [0.29, 0.717) is 5.01 Å². The molecule has 0 aliphatic heterocycles. The highest BCUT2D eigenvalue weighted by atomic mass is 32.2. The zero-order chi connectivity index (χ0) is 18.7. The van der Waals surface area contributed by atoms with Crippen LogP contribution in [-0.2, 0) is 9.84 Å². The number of hydrogen-bond donors (Lipinski definition) is 1. The monoisotopic (exact) mass is 394 g/mol. The Morgan fingerprint density at radius 1 is 1.04 bits per heavy atom. The van der Waals surface area contributed by atoms with Gasteiger partial charge in [-0.3, -0.25) is 4.79 Å². The van der Waals surface area contributed by atoms with Gasteiger partial charge in [0.2, 0.25) is 9.84 Å². The number of sulfone groups is 1. The van der Waals surface area contributed by atoms with E-state index in [1.54, 1.807) is 0 Å². The third-order valence-corrected chi connectivity index (χ3v) is 5.76. The van der Waals surface area contributed by atoms with Gasteiger partial charge in [-0.05, 0) is 12.1 Å². The fourth-order valence-electron chi connectivity index (χ4n) is 2.19. The SMILES string of the molecule is O=C(Nc1ccccc1S(=O)(=O)C(F)F)c1csc(-c2ccccc2)n1. The van der Waals surface area contributed by atoms with Crippen LogP contribution in [0.1, 0.15) is 10.5 Å². The Morgan fingerprint density at radius 3 is 2.38 bits per heavy atom. The van der Waals surface area contributed by atoms with Gasteiger partial charge in [-0.1, -0.05) is 42.5 Å². The predicted octanol–water partition coefficient (Wildman–Crippen LogP) is 4.06. The lowest BCUT2D eigenvalue weighted by molar-refractivity contribution is 0.102. The van der Waals surface area contributed by atoms with Crippen molar-refractivity contribution in [3.05, 3.63) is 65.7 Å². The third-order valence-electron chi connectivity index (χ3n) is 3.43. The number of thiazole rings is 1. The van der Waals surface area contributed by atoms with Gasteiger partial charge in [0.05, 0.1) is 10.6 Å². The lowest BCUT2D eigenvalue weighted by Gasteiger charge is -2.10. The second kappa shape index (κ2) is 7.30. The number of para-hydroxylation sites is 1. The maximum atomic E-state index is 12.8. The van der Waals surface area contributed by atoms with Gasteiger partial charge in [0.1, 0.15) is 10.7 Å². The summed E-state index contributed by atoms with van der Waals surface area (Å²) in [7, 11) is -4.84. The van der Waals surface area contributed by atoms with E-state index in [-0.39, 0.29) is 11.4 Å². The van der Waals surface area contributed by atoms with Gasteiger partial charge < -0.3 is 5.32 Å². The van der Waals surface area contributed by atoms with Gasteiger partial charge in [-0.15, -0.1) is 11.3 Å². The number of nitrogens with one attached hydrogen (secondary N) is 1. The number of nitrogens with zero attached hydrogens (tertiary/aromatic N) is 1. The first-order valence-electron chi connectivity index (χ1n) is 7.33. The van der Waals surface area contributed by atoms with Crippen LogP contribution in [0.2, 0.25) is 0 Å². The van der Waals surface area contributed by atoms with Crippen molar-refractivity contribution in [3.8, 4) is 10.6 Å². The van der Waals surface area contributed by atoms with Crippen LogP contribution in [0, 0.1) is 0 Å². The van der Waals surface area contributed by atoms with Gasteiger partial charge >= 0.3 is 5.76 Å². The number of carbonyl (C=O) groups excluding carboxylic acids is 1. The molecule has 1 heterocycles. The molecule has 26 heavy (non-hydrogen) atoms. The Hall–Kier alpha value is -2.65. The van der Waals surface area contributed by atoms with Crippen molar-refractivity contribution in [2.75, 3.05) is 5.32 Å². The quantitative estimate of drug-likeness (QED) is 0.708. The zero-order valence-electron chi connectivity index (χ0n) is 13.1. The molecule has 0 aliphatic carbocycles. The molecule has 1 N–H and O–H groups in total. The standard InChI is InChI=1S/C17H12F2N2O3S2/c18-17(19)26(23,24)14-9-5-4-8-12(14)20-15(22)13-10-25-16(21-13)11-6-2-1-3-7-11/h1-10,17H,(H,20,22). The molecule has 9 heteroatoms. The molecule has 134 valence electrons. The maximum Gasteiger partial charge on any atom is 0.341 e. The minimum Gasteiger partial charge on any atom is -0.319 e. The first-order chi connectivity index (χ1) is 12.4. The molecule has 5 nitrogen and oxygen atoms in total. The number of alkyl halides is 2. The first-order valence-corrected chi connectivity index (χ1v) is 9.75. The number of halogens is 2. The Bertz CT molecular complexity index is 1030. The second-order valence-corrected chi connectivity index (χ2v) is 7.90. The largest absolute Gasteiger partial charge is 0.341 e. The fourth-order valence-corrected chi connectivity index (χ4v) is 3.88. The van der Waals surface area contributed by atoms with E-state index in [2.05, 4.69) is 10.3 Å². The van der Waals surface area contributed by atoms with Crippen molar-refractivity contribution in [2.45, 2.75) is 10.7 Å². The van der Waals surface area contributed by atoms with Crippen LogP contribution in [0.3, 0.4) is 0 Å². The van der Waals surface area contributed by atoms with Crippen LogP contribution in [-0.4, -0.2) is 25.1 Å². The Morgan fingerprint density at radius 2 is 1.69 bits per heavy atom. The Kier molecular flexibility index (Phi) is 5.10. The average Bonchev–Trinajstić information content (AvgIpc) is 3.13. The van der Waals surface area contributed by atoms with Crippen LogP contribution < -0.4 is 5.32 Å². The van der Waals surface area contributed by atoms with Gasteiger partial charge in [0, 0.05) is 10.9 Å². The smallest absolute Gasteiger partial charge is 0.319 e. The number of aromatic nitrogens is 1. The van der Waals surface area contributed by atoms with E-state index in [1.165, 1.54) is 34.9 Å². The van der Waals surface area contributed by atoms with Gasteiger partial charge in [-0.25, -0.2) is 13.4 Å². The highest BCUT2D eigenvalue weighted by molar-refractivity contribution is 7.91. The zero-order valence-corrected chi connectivity index (χ0v) is 14.7. The number of anilines is 1. The van der Waals surface area contributed by atoms with Gasteiger partial charge in [0.25, 0.3) is 5.91 Å². The summed E-state index contributed by atoms with van der Waals surface area (Å²) < 4.78 is 49.1. The predicted molar refractivity (Wildman–Crippen MR) is 95.1 cm³/mol. The summed E-state index contributed by atoms with van der Waals surface area (Å²) in [5.74, 6) is -4.26. The summed E-state index contributed by atoms with van der Waals surface area (Å²) in [5.41, 5.74) is 0.683. The molecule has 0 unspecified atom stereocenters. The minimum atomic E-state index is -4.84. The van der Waals surface area contributed by atoms with Crippen LogP contribution in [0.15, 0.2) is 64.9 Å². The summed E-state index contributed by atoms with van der Waals surface area (Å²) in [6.45, 7) is 0. The van der Waals surface area contributed by atoms with Crippen molar-refractivity contribution in [2.24, 2.45) is 0 Å². The number of carbonyl (C=O) groups is 1. The molecule has 0 saturated heterocycles. The summed E-state index contributed by atoms with van der Waals surface area (Å²) >= 11 is 1.25. The molecule has 1 amide bonds. The third kappa shape index (κ3) is 3.63. The molecular weight excluding hydrogens is 382 g/mol. The number of hydrogen-bond acceptors (Lipinski definition) is 5. The highest BCUT2D eigenvalue weighted by Gasteiger charge is 2.29. The van der Waals surface area contributed by atoms with Crippen molar-refractivity contribution in [3.63, 3.8) is 0 Å². The molecule has 0 saturated carbocycles. The van der Waals surface area contributed by atoms with E-state index in [9.17, 15) is 22.0 Å². The molecule has 0 fully saturated rings. The van der Waals surface area contributed by atoms with Gasteiger partial charge in [0.15, 0.2) is 0 Å². The fraction of sp³-hybridized carbons (Fsp3) is 0.0588. The molecular formula is C17H12F2N2O3S2. The molecule has 2 aromatic carbocycles. The van der Waals surface area contributed by atoms with Crippen LogP contribution in [0.5, 0.6) is 0 Å². The van der Waals surface area contributed by atoms with E-state index in [4.69, 9.17) is 0 Å².